The SMILES string of the molecule is CCc1nn(C)c(CN2C(=O)C(C)NC(=O)C2C)c1Cl. The van der Waals surface area contributed by atoms with Crippen LogP contribution in [0.15, 0.2) is 0 Å². The van der Waals surface area contributed by atoms with Gasteiger partial charge in [0.1, 0.15) is 12.1 Å². The van der Waals surface area contributed by atoms with Crippen molar-refractivity contribution in [2.24, 2.45) is 7.05 Å². The van der Waals surface area contributed by atoms with Crippen molar-refractivity contribution in [2.75, 3.05) is 0 Å². The largest absolute Gasteiger partial charge is 0.343 e. The van der Waals surface area contributed by atoms with Crippen molar-refractivity contribution < 1.29 is 9.59 Å². The second-order valence-corrected chi connectivity index (χ2v) is 5.43. The lowest BCUT2D eigenvalue weighted by Gasteiger charge is -2.36. The highest BCUT2D eigenvalue weighted by Crippen LogP contribution is 2.24. The van der Waals surface area contributed by atoms with Gasteiger partial charge >= 0.3 is 0 Å². The van der Waals surface area contributed by atoms with E-state index < -0.39 is 12.1 Å². The van der Waals surface area contributed by atoms with Crippen molar-refractivity contribution in [3.8, 4) is 0 Å². The first kappa shape index (κ1) is 14.8. The Morgan fingerprint density at radius 2 is 2.00 bits per heavy atom. The Morgan fingerprint density at radius 3 is 2.55 bits per heavy atom. The molecule has 1 aromatic heterocycles. The average Bonchev–Trinajstić information content (AvgIpc) is 2.68. The molecule has 6 nitrogen and oxygen atoms in total. The second-order valence-electron chi connectivity index (χ2n) is 5.06. The molecule has 0 bridgehead atoms. The fraction of sp³-hybridized carbons (Fsp3) is 0.615. The Bertz CT molecular complexity index is 555. The zero-order chi connectivity index (χ0) is 15.0. The lowest BCUT2D eigenvalue weighted by molar-refractivity contribution is -0.148. The third kappa shape index (κ3) is 2.40. The maximum atomic E-state index is 12.2. The molecule has 1 aliphatic heterocycles. The second kappa shape index (κ2) is 5.44. The Kier molecular flexibility index (Phi) is 4.04. The van der Waals surface area contributed by atoms with Gasteiger partial charge in [-0.25, -0.2) is 0 Å². The quantitative estimate of drug-likeness (QED) is 0.900. The van der Waals surface area contributed by atoms with Gasteiger partial charge in [-0.2, -0.15) is 5.10 Å². The van der Waals surface area contributed by atoms with Crippen molar-refractivity contribution >= 4 is 23.4 Å². The number of aryl methyl sites for hydroxylation is 2. The normalized spacial score (nSPS) is 23.1. The van der Waals surface area contributed by atoms with E-state index in [1.165, 1.54) is 0 Å². The van der Waals surface area contributed by atoms with Crippen LogP contribution in [0.5, 0.6) is 0 Å². The first-order valence-corrected chi connectivity index (χ1v) is 7.05. The van der Waals surface area contributed by atoms with Crippen LogP contribution in [-0.4, -0.2) is 38.6 Å². The number of nitrogens with one attached hydrogen (secondary N) is 1. The number of hydrogen-bond acceptors (Lipinski definition) is 3. The molecule has 0 spiro atoms. The Morgan fingerprint density at radius 1 is 1.35 bits per heavy atom. The number of nitrogens with zero attached hydrogens (tertiary/aromatic N) is 3. The Labute approximate surface area is 123 Å². The molecule has 0 aromatic carbocycles. The van der Waals surface area contributed by atoms with Crippen LogP contribution in [0.1, 0.15) is 32.2 Å². The van der Waals surface area contributed by atoms with E-state index in [0.29, 0.717) is 11.6 Å². The lowest BCUT2D eigenvalue weighted by Crippen LogP contribution is -2.61. The van der Waals surface area contributed by atoms with Crippen LogP contribution in [-0.2, 0) is 29.6 Å². The summed E-state index contributed by atoms with van der Waals surface area (Å²) < 4.78 is 1.68. The third-order valence-electron chi connectivity index (χ3n) is 3.68. The van der Waals surface area contributed by atoms with Crippen LogP contribution in [0.25, 0.3) is 0 Å². The predicted octanol–water partition coefficient (Wildman–Crippen LogP) is 0.871. The van der Waals surface area contributed by atoms with E-state index in [9.17, 15) is 9.59 Å². The van der Waals surface area contributed by atoms with Crippen molar-refractivity contribution in [1.82, 2.24) is 20.0 Å². The van der Waals surface area contributed by atoms with Gasteiger partial charge in [0.15, 0.2) is 0 Å². The molecule has 1 N–H and O–H groups in total. The molecule has 7 heteroatoms. The van der Waals surface area contributed by atoms with Crippen molar-refractivity contribution in [3.05, 3.63) is 16.4 Å². The summed E-state index contributed by atoms with van der Waals surface area (Å²) in [6, 6.07) is -1.01. The molecule has 2 unspecified atom stereocenters. The van der Waals surface area contributed by atoms with Crippen LogP contribution in [0, 0.1) is 0 Å². The van der Waals surface area contributed by atoms with E-state index in [0.717, 1.165) is 17.8 Å². The number of halogens is 1. The van der Waals surface area contributed by atoms with E-state index >= 15 is 0 Å². The van der Waals surface area contributed by atoms with Gasteiger partial charge in [0.25, 0.3) is 0 Å². The molecule has 2 amide bonds. The molecule has 2 rings (SSSR count). The molecule has 2 heterocycles. The predicted molar refractivity (Wildman–Crippen MR) is 75.2 cm³/mol. The molecule has 0 saturated carbocycles. The number of carbonyl (C=O) groups is 2. The fourth-order valence-corrected chi connectivity index (χ4v) is 2.70. The Balaban J connectivity index is 2.30. The highest BCUT2D eigenvalue weighted by Gasteiger charge is 2.36. The lowest BCUT2D eigenvalue weighted by atomic mass is 10.1. The molecule has 110 valence electrons. The first-order valence-electron chi connectivity index (χ1n) is 6.67. The summed E-state index contributed by atoms with van der Waals surface area (Å²) in [5.41, 5.74) is 1.56. The van der Waals surface area contributed by atoms with Gasteiger partial charge in [0.05, 0.1) is 23.0 Å². The number of rotatable bonds is 3. The fourth-order valence-electron chi connectivity index (χ4n) is 2.34. The highest BCUT2D eigenvalue weighted by atomic mass is 35.5. The summed E-state index contributed by atoms with van der Waals surface area (Å²) in [6.45, 7) is 5.66. The number of aromatic nitrogens is 2. The van der Waals surface area contributed by atoms with E-state index in [4.69, 9.17) is 11.6 Å². The molecular formula is C13H19ClN4O2. The van der Waals surface area contributed by atoms with Crippen LogP contribution in [0.2, 0.25) is 5.02 Å². The number of carbonyl (C=O) groups excluding carboxylic acids is 2. The van der Waals surface area contributed by atoms with Crippen molar-refractivity contribution in [2.45, 2.75) is 45.8 Å². The summed E-state index contributed by atoms with van der Waals surface area (Å²) in [7, 11) is 1.79. The molecule has 1 aliphatic rings. The number of piperazine rings is 1. The van der Waals surface area contributed by atoms with E-state index in [-0.39, 0.29) is 11.8 Å². The van der Waals surface area contributed by atoms with Gasteiger partial charge in [0.2, 0.25) is 11.8 Å². The van der Waals surface area contributed by atoms with E-state index in [1.807, 2.05) is 6.92 Å². The van der Waals surface area contributed by atoms with Gasteiger partial charge in [-0.1, -0.05) is 18.5 Å². The first-order chi connectivity index (χ1) is 9.36. The van der Waals surface area contributed by atoms with Crippen LogP contribution in [0.4, 0.5) is 0 Å². The van der Waals surface area contributed by atoms with Gasteiger partial charge in [-0.15, -0.1) is 0 Å². The monoisotopic (exact) mass is 298 g/mol. The zero-order valence-corrected chi connectivity index (χ0v) is 12.9. The highest BCUT2D eigenvalue weighted by molar-refractivity contribution is 6.31. The van der Waals surface area contributed by atoms with Crippen LogP contribution >= 0.6 is 11.6 Å². The standard InChI is InChI=1S/C13H19ClN4O2/c1-5-9-11(14)10(17(4)16-9)6-18-8(3)12(19)15-7(2)13(18)20/h7-8H,5-6H2,1-4H3,(H,15,19). The van der Waals surface area contributed by atoms with E-state index in [1.54, 1.807) is 30.5 Å². The molecule has 0 aliphatic carbocycles. The maximum absolute atomic E-state index is 12.2. The average molecular weight is 299 g/mol. The van der Waals surface area contributed by atoms with Crippen molar-refractivity contribution in [1.29, 1.82) is 0 Å². The molecule has 1 aromatic rings. The van der Waals surface area contributed by atoms with Crippen LogP contribution < -0.4 is 5.32 Å². The van der Waals surface area contributed by atoms with Gasteiger partial charge in [-0.05, 0) is 20.3 Å². The van der Waals surface area contributed by atoms with Gasteiger partial charge in [0, 0.05) is 7.05 Å². The topological polar surface area (TPSA) is 67.2 Å². The summed E-state index contributed by atoms with van der Waals surface area (Å²) in [5.74, 6) is -0.251. The smallest absolute Gasteiger partial charge is 0.245 e. The summed E-state index contributed by atoms with van der Waals surface area (Å²) in [6.07, 6.45) is 0.729. The number of hydrogen-bond donors (Lipinski definition) is 1. The minimum Gasteiger partial charge on any atom is -0.343 e. The molecule has 0 radical (unpaired) electrons. The summed E-state index contributed by atoms with van der Waals surface area (Å²) in [5, 5.41) is 7.56. The zero-order valence-electron chi connectivity index (χ0n) is 12.1. The summed E-state index contributed by atoms with van der Waals surface area (Å²) in [4.78, 5) is 25.6. The molecule has 1 fully saturated rings. The summed E-state index contributed by atoms with van der Waals surface area (Å²) >= 11 is 6.30. The van der Waals surface area contributed by atoms with Crippen molar-refractivity contribution in [3.63, 3.8) is 0 Å². The number of amides is 2. The van der Waals surface area contributed by atoms with Gasteiger partial charge < -0.3 is 10.2 Å². The maximum Gasteiger partial charge on any atom is 0.245 e. The molecule has 1 saturated heterocycles. The third-order valence-corrected chi connectivity index (χ3v) is 4.12. The molecule has 2 atom stereocenters. The minimum absolute atomic E-state index is 0.104. The van der Waals surface area contributed by atoms with Crippen LogP contribution in [0.3, 0.4) is 0 Å². The van der Waals surface area contributed by atoms with Gasteiger partial charge in [-0.3, -0.25) is 14.3 Å². The minimum atomic E-state index is -0.505. The Hall–Kier alpha value is -1.56. The molecular weight excluding hydrogens is 280 g/mol. The molecule has 20 heavy (non-hydrogen) atoms. The van der Waals surface area contributed by atoms with E-state index in [2.05, 4.69) is 10.4 Å².